The Hall–Kier alpha value is -2.48. The van der Waals surface area contributed by atoms with Gasteiger partial charge < -0.3 is 23.7 Å². The number of hydrogen-bond acceptors (Lipinski definition) is 7. The highest BCUT2D eigenvalue weighted by Gasteiger charge is 2.53. The number of benzene rings is 3. The summed E-state index contributed by atoms with van der Waals surface area (Å²) in [5, 5.41) is 0. The van der Waals surface area contributed by atoms with Crippen molar-refractivity contribution in [2.75, 3.05) is 12.8 Å². The maximum atomic E-state index is 13.6. The third-order valence-electron chi connectivity index (χ3n) is 8.28. The van der Waals surface area contributed by atoms with Crippen molar-refractivity contribution in [3.63, 3.8) is 0 Å². The molecule has 0 aromatic heterocycles. The van der Waals surface area contributed by atoms with Gasteiger partial charge in [-0.25, -0.2) is 0 Å². The van der Waals surface area contributed by atoms with Gasteiger partial charge >= 0.3 is 8.03 Å². The highest BCUT2D eigenvalue weighted by molar-refractivity contribution is 7.39. The third-order valence-corrected chi connectivity index (χ3v) is 9.96. The van der Waals surface area contributed by atoms with E-state index < -0.39 is 38.7 Å². The first-order valence-electron chi connectivity index (χ1n) is 16.7. The highest BCUT2D eigenvalue weighted by Crippen LogP contribution is 2.40. The Kier molecular flexibility index (Phi) is 13.3. The molecule has 248 valence electrons. The predicted octanol–water partition coefficient (Wildman–Crippen LogP) is 8.62. The van der Waals surface area contributed by atoms with Crippen LogP contribution in [0.1, 0.15) is 69.6 Å². The van der Waals surface area contributed by atoms with Crippen molar-refractivity contribution >= 4 is 8.03 Å². The fraction of sp³-hybridized carbons (Fsp3) is 0.526. The van der Waals surface area contributed by atoms with E-state index in [1.165, 1.54) is 6.42 Å². The van der Waals surface area contributed by atoms with Crippen molar-refractivity contribution in [2.24, 2.45) is 5.41 Å². The molecule has 8 heteroatoms. The Morgan fingerprint density at radius 2 is 1.22 bits per heavy atom. The molecule has 1 aliphatic carbocycles. The quantitative estimate of drug-likeness (QED) is 0.153. The molecule has 1 unspecified atom stereocenters. The van der Waals surface area contributed by atoms with E-state index in [2.05, 4.69) is 20.8 Å². The van der Waals surface area contributed by atoms with Crippen LogP contribution < -0.4 is 0 Å². The largest absolute Gasteiger partial charge is 0.509 e. The van der Waals surface area contributed by atoms with Crippen LogP contribution in [-0.2, 0) is 52.6 Å². The first kappa shape index (κ1) is 34.8. The fourth-order valence-electron chi connectivity index (χ4n) is 5.98. The van der Waals surface area contributed by atoms with Crippen LogP contribution in [0.3, 0.4) is 0 Å². The molecule has 6 atom stereocenters. The van der Waals surface area contributed by atoms with Gasteiger partial charge in [-0.3, -0.25) is 0 Å². The molecule has 7 nitrogen and oxygen atoms in total. The summed E-state index contributed by atoms with van der Waals surface area (Å²) in [4.78, 5) is 0. The topological polar surface area (TPSA) is 72.5 Å². The van der Waals surface area contributed by atoms with Gasteiger partial charge in [0.15, 0.2) is 18.6 Å². The average Bonchev–Trinajstić information content (AvgIpc) is 3.05. The molecule has 3 aromatic rings. The van der Waals surface area contributed by atoms with Gasteiger partial charge in [-0.1, -0.05) is 131 Å². The summed E-state index contributed by atoms with van der Waals surface area (Å²) in [6, 6.07) is 30.2. The summed E-state index contributed by atoms with van der Waals surface area (Å²) in [5.74, 6) is 0. The van der Waals surface area contributed by atoms with Crippen molar-refractivity contribution in [2.45, 2.75) is 110 Å². The molecule has 5 rings (SSSR count). The number of ether oxygens (including phenoxy) is 5. The molecule has 0 bridgehead atoms. The van der Waals surface area contributed by atoms with Crippen molar-refractivity contribution in [1.82, 2.24) is 0 Å². The summed E-state index contributed by atoms with van der Waals surface area (Å²) in [5.41, 5.74) is 2.95. The molecule has 1 aliphatic heterocycles. The smallest absolute Gasteiger partial charge is 0.374 e. The van der Waals surface area contributed by atoms with Crippen LogP contribution in [0.25, 0.3) is 0 Å². The van der Waals surface area contributed by atoms with Crippen LogP contribution in [-0.4, -0.2) is 49.6 Å². The van der Waals surface area contributed by atoms with Gasteiger partial charge in [0.1, 0.15) is 18.3 Å². The molecule has 0 spiro atoms. The molecular formula is C38H50O7P+. The highest BCUT2D eigenvalue weighted by atomic mass is 31.1. The zero-order chi connectivity index (χ0) is 32.2. The first-order chi connectivity index (χ1) is 22.3. The molecule has 1 heterocycles. The Bertz CT molecular complexity index is 1290. The third kappa shape index (κ3) is 11.1. The van der Waals surface area contributed by atoms with Crippen molar-refractivity contribution < 1.29 is 32.8 Å². The van der Waals surface area contributed by atoms with Crippen LogP contribution in [0.4, 0.5) is 0 Å². The van der Waals surface area contributed by atoms with Gasteiger partial charge in [0.2, 0.25) is 0 Å². The molecule has 3 aromatic carbocycles. The predicted molar refractivity (Wildman–Crippen MR) is 180 cm³/mol. The molecule has 2 fully saturated rings. The molecule has 0 amide bonds. The molecule has 1 saturated carbocycles. The maximum absolute atomic E-state index is 13.6. The van der Waals surface area contributed by atoms with Gasteiger partial charge in [-0.15, -0.1) is 4.52 Å². The maximum Gasteiger partial charge on any atom is 0.509 e. The summed E-state index contributed by atoms with van der Waals surface area (Å²) in [6.45, 7) is 7.58. The number of rotatable bonds is 15. The van der Waals surface area contributed by atoms with E-state index in [1.54, 1.807) is 0 Å². The Morgan fingerprint density at radius 3 is 1.76 bits per heavy atom. The summed E-state index contributed by atoms with van der Waals surface area (Å²) in [6.07, 6.45) is 2.52. The standard InChI is InChI=1S/C38H50O7P/c1-38(2,3)28-46(39)45-36-35(42-26-31-20-12-6-13-21-31)34(41-25-30-18-10-5-11-19-30)33(27-40-24-29-16-8-4-9-17-29)44-37(36)43-32-22-14-7-15-23-32/h4-6,8-13,16-21,32-37H,7,14-15,22-28H2,1-3H3/q+1/t33-,34-,35+,36-,37+/m1/s1. The molecule has 0 N–H and O–H groups in total. The lowest BCUT2D eigenvalue weighted by Gasteiger charge is -2.45. The van der Waals surface area contributed by atoms with Crippen LogP contribution in [0, 0.1) is 5.41 Å². The Morgan fingerprint density at radius 1 is 0.696 bits per heavy atom. The minimum atomic E-state index is -2.04. The Balaban J connectivity index is 1.45. The van der Waals surface area contributed by atoms with E-state index in [4.69, 9.17) is 28.2 Å². The molecule has 2 aliphatic rings. The second-order valence-electron chi connectivity index (χ2n) is 13.6. The lowest BCUT2D eigenvalue weighted by molar-refractivity contribution is -0.323. The normalized spacial score (nSPS) is 24.5. The van der Waals surface area contributed by atoms with Gasteiger partial charge in [0.05, 0.1) is 32.5 Å². The van der Waals surface area contributed by atoms with Crippen molar-refractivity contribution in [3.8, 4) is 0 Å². The summed E-state index contributed by atoms with van der Waals surface area (Å²) < 4.78 is 53.1. The second kappa shape index (κ2) is 17.6. The van der Waals surface area contributed by atoms with Gasteiger partial charge in [-0.2, -0.15) is 0 Å². The zero-order valence-corrected chi connectivity index (χ0v) is 28.4. The van der Waals surface area contributed by atoms with Gasteiger partial charge in [0.25, 0.3) is 0 Å². The van der Waals surface area contributed by atoms with Gasteiger partial charge in [0, 0.05) is 5.41 Å². The minimum Gasteiger partial charge on any atom is -0.374 e. The zero-order valence-electron chi connectivity index (χ0n) is 27.5. The van der Waals surface area contributed by atoms with E-state index in [0.717, 1.165) is 42.4 Å². The SMILES string of the molecule is CC(C)(C)C[P+](=O)O[C@H]1[C@@H](OC2CCCCC2)O[C@H](COCc2ccccc2)[C@@H](OCc2ccccc2)[C@@H]1OCc1ccccc1. The molecular weight excluding hydrogens is 599 g/mol. The van der Waals surface area contributed by atoms with E-state index in [-0.39, 0.29) is 18.1 Å². The first-order valence-corrected chi connectivity index (χ1v) is 18.1. The lowest BCUT2D eigenvalue weighted by Crippen LogP contribution is -2.62. The van der Waals surface area contributed by atoms with E-state index in [0.29, 0.717) is 26.0 Å². The Labute approximate surface area is 275 Å². The summed E-state index contributed by atoms with van der Waals surface area (Å²) >= 11 is 0. The lowest BCUT2D eigenvalue weighted by atomic mass is 9.96. The summed E-state index contributed by atoms with van der Waals surface area (Å²) in [7, 11) is -2.04. The van der Waals surface area contributed by atoms with Crippen molar-refractivity contribution in [1.29, 1.82) is 0 Å². The van der Waals surface area contributed by atoms with Crippen LogP contribution in [0.15, 0.2) is 91.0 Å². The van der Waals surface area contributed by atoms with E-state index in [9.17, 15) is 4.57 Å². The van der Waals surface area contributed by atoms with Crippen LogP contribution in [0.2, 0.25) is 0 Å². The van der Waals surface area contributed by atoms with Gasteiger partial charge in [-0.05, 0) is 34.1 Å². The van der Waals surface area contributed by atoms with Crippen molar-refractivity contribution in [3.05, 3.63) is 108 Å². The monoisotopic (exact) mass is 649 g/mol. The molecule has 1 saturated heterocycles. The molecule has 46 heavy (non-hydrogen) atoms. The van der Waals surface area contributed by atoms with E-state index >= 15 is 0 Å². The minimum absolute atomic E-state index is 0.0350. The number of hydrogen-bond donors (Lipinski definition) is 0. The second-order valence-corrected chi connectivity index (χ2v) is 14.8. The average molecular weight is 650 g/mol. The fourth-order valence-corrected chi connectivity index (χ4v) is 7.32. The van der Waals surface area contributed by atoms with Crippen LogP contribution >= 0.6 is 8.03 Å². The molecule has 0 radical (unpaired) electrons. The van der Waals surface area contributed by atoms with Crippen LogP contribution in [0.5, 0.6) is 0 Å². The van der Waals surface area contributed by atoms with E-state index in [1.807, 2.05) is 91.0 Å².